The second kappa shape index (κ2) is 7.54. The van der Waals surface area contributed by atoms with E-state index in [9.17, 15) is 0 Å². The summed E-state index contributed by atoms with van der Waals surface area (Å²) in [6.45, 7) is 0. The van der Waals surface area contributed by atoms with Gasteiger partial charge in [0.1, 0.15) is 5.52 Å². The molecule has 1 atom stereocenters. The molecule has 0 N–H and O–H groups in total. The van der Waals surface area contributed by atoms with Crippen LogP contribution in [0.25, 0.3) is 48.3 Å². The fraction of sp³-hybridized carbons (Fsp3) is 0.0312. The Balaban J connectivity index is 1.22. The molecule has 1 aliphatic carbocycles. The molecule has 0 amide bonds. The zero-order valence-corrected chi connectivity index (χ0v) is 20.1. The lowest BCUT2D eigenvalue weighted by Gasteiger charge is -2.35. The minimum Gasteiger partial charge on any atom is -0.436 e. The number of nitrogens with zero attached hydrogens (tertiary/aromatic N) is 2. The number of allylic oxidation sites excluding steroid dienone is 4. The Morgan fingerprint density at radius 1 is 0.806 bits per heavy atom. The first-order chi connectivity index (χ1) is 17.8. The van der Waals surface area contributed by atoms with Crippen LogP contribution in [0.5, 0.6) is 0 Å². The lowest BCUT2D eigenvalue weighted by molar-refractivity contribution is 0.620. The summed E-state index contributed by atoms with van der Waals surface area (Å²) in [7, 11) is 0. The Hall–Kier alpha value is -4.41. The fourth-order valence-corrected chi connectivity index (χ4v) is 6.57. The SMILES string of the molecule is C1=CC2=CC(C=C1)N(c1ccc(-c3nc4c(ccc5sc6ccccc6c54)o3)cc1)c1ccccc12. The van der Waals surface area contributed by atoms with Gasteiger partial charge < -0.3 is 9.32 Å². The maximum atomic E-state index is 6.26. The van der Waals surface area contributed by atoms with Crippen LogP contribution in [0, 0.1) is 0 Å². The molecule has 2 bridgehead atoms. The predicted octanol–water partition coefficient (Wildman–Crippen LogP) is 8.89. The zero-order chi connectivity index (χ0) is 23.6. The van der Waals surface area contributed by atoms with Crippen LogP contribution >= 0.6 is 11.3 Å². The summed E-state index contributed by atoms with van der Waals surface area (Å²) in [4.78, 5) is 7.36. The largest absolute Gasteiger partial charge is 0.436 e. The molecular formula is C32H20N2OS. The van der Waals surface area contributed by atoms with Gasteiger partial charge in [0.15, 0.2) is 5.58 Å². The smallest absolute Gasteiger partial charge is 0.227 e. The molecule has 2 aromatic heterocycles. The second-order valence-electron chi connectivity index (χ2n) is 9.19. The van der Waals surface area contributed by atoms with Gasteiger partial charge >= 0.3 is 0 Å². The Morgan fingerprint density at radius 3 is 2.61 bits per heavy atom. The van der Waals surface area contributed by atoms with Crippen molar-refractivity contribution in [3.63, 3.8) is 0 Å². The third-order valence-electron chi connectivity index (χ3n) is 7.11. The van der Waals surface area contributed by atoms with Crippen LogP contribution in [0.3, 0.4) is 0 Å². The molecule has 36 heavy (non-hydrogen) atoms. The lowest BCUT2D eigenvalue weighted by atomic mass is 9.95. The number of oxazole rings is 1. The Labute approximate surface area is 211 Å². The molecule has 1 unspecified atom stereocenters. The monoisotopic (exact) mass is 480 g/mol. The predicted molar refractivity (Wildman–Crippen MR) is 151 cm³/mol. The first-order valence-electron chi connectivity index (χ1n) is 12.1. The normalized spacial score (nSPS) is 16.5. The van der Waals surface area contributed by atoms with Crippen molar-refractivity contribution in [2.45, 2.75) is 6.04 Å². The minimum absolute atomic E-state index is 0.167. The van der Waals surface area contributed by atoms with Crippen LogP contribution in [0.15, 0.2) is 120 Å². The van der Waals surface area contributed by atoms with Gasteiger partial charge in [-0.3, -0.25) is 0 Å². The van der Waals surface area contributed by atoms with Gasteiger partial charge in [-0.1, -0.05) is 60.7 Å². The molecule has 0 saturated carbocycles. The molecular weight excluding hydrogens is 460 g/mol. The van der Waals surface area contributed by atoms with Gasteiger partial charge in [-0.15, -0.1) is 11.3 Å². The highest BCUT2D eigenvalue weighted by Gasteiger charge is 2.26. The molecule has 0 spiro atoms. The highest BCUT2D eigenvalue weighted by Crippen LogP contribution is 2.42. The first kappa shape index (κ1) is 19.8. The Morgan fingerprint density at radius 2 is 1.67 bits per heavy atom. The van der Waals surface area contributed by atoms with E-state index in [1.807, 2.05) is 6.07 Å². The molecule has 170 valence electrons. The van der Waals surface area contributed by atoms with Gasteiger partial charge in [0.25, 0.3) is 0 Å². The van der Waals surface area contributed by atoms with Crippen LogP contribution in [0.4, 0.5) is 11.4 Å². The molecule has 4 heteroatoms. The van der Waals surface area contributed by atoms with Crippen LogP contribution in [-0.2, 0) is 0 Å². The van der Waals surface area contributed by atoms with Crippen molar-refractivity contribution in [3.05, 3.63) is 121 Å². The van der Waals surface area contributed by atoms with Crippen LogP contribution < -0.4 is 4.90 Å². The minimum atomic E-state index is 0.167. The fourth-order valence-electron chi connectivity index (χ4n) is 5.46. The topological polar surface area (TPSA) is 29.3 Å². The summed E-state index contributed by atoms with van der Waals surface area (Å²) in [6.07, 6.45) is 11.0. The molecule has 0 saturated heterocycles. The summed E-state index contributed by atoms with van der Waals surface area (Å²) < 4.78 is 8.77. The number of rotatable bonds is 2. The van der Waals surface area contributed by atoms with Crippen molar-refractivity contribution in [1.82, 2.24) is 4.98 Å². The highest BCUT2D eigenvalue weighted by atomic mass is 32.1. The first-order valence-corrected chi connectivity index (χ1v) is 12.9. The maximum absolute atomic E-state index is 6.26. The standard InChI is InChI=1S/C32H20N2OS/c1-2-8-23-19-21(7-1)24-9-3-5-11-26(24)34(23)22-15-13-20(14-16-22)32-33-31-27(35-32)17-18-29-30(31)25-10-4-6-12-28(25)36-29/h1-19,23H. The van der Waals surface area contributed by atoms with Gasteiger partial charge in [-0.2, -0.15) is 0 Å². The number of para-hydroxylation sites is 1. The molecule has 2 aliphatic rings. The van der Waals surface area contributed by atoms with E-state index in [1.54, 1.807) is 11.3 Å². The van der Waals surface area contributed by atoms with Crippen molar-refractivity contribution >= 4 is 59.6 Å². The number of benzene rings is 4. The summed E-state index contributed by atoms with van der Waals surface area (Å²) in [6, 6.07) is 30.0. The van der Waals surface area contributed by atoms with E-state index in [2.05, 4.69) is 114 Å². The molecule has 3 nitrogen and oxygen atoms in total. The van der Waals surface area contributed by atoms with Crippen molar-refractivity contribution in [3.8, 4) is 11.5 Å². The Kier molecular flexibility index (Phi) is 4.16. The van der Waals surface area contributed by atoms with E-state index in [0.717, 1.165) is 22.4 Å². The number of fused-ring (bicyclic) bond motifs is 8. The van der Waals surface area contributed by atoms with Crippen molar-refractivity contribution in [2.75, 3.05) is 4.90 Å². The molecule has 1 aliphatic heterocycles. The van der Waals surface area contributed by atoms with Crippen molar-refractivity contribution in [1.29, 1.82) is 0 Å². The van der Waals surface area contributed by atoms with E-state index < -0.39 is 0 Å². The molecule has 3 heterocycles. The lowest BCUT2D eigenvalue weighted by Crippen LogP contribution is -2.31. The zero-order valence-electron chi connectivity index (χ0n) is 19.3. The quantitative estimate of drug-likeness (QED) is 0.248. The van der Waals surface area contributed by atoms with Gasteiger partial charge in [0, 0.05) is 42.7 Å². The molecule has 0 radical (unpaired) electrons. The van der Waals surface area contributed by atoms with E-state index in [4.69, 9.17) is 9.40 Å². The maximum Gasteiger partial charge on any atom is 0.227 e. The van der Waals surface area contributed by atoms with Gasteiger partial charge in [-0.25, -0.2) is 4.98 Å². The van der Waals surface area contributed by atoms with E-state index >= 15 is 0 Å². The number of hydrogen-bond donors (Lipinski definition) is 0. The van der Waals surface area contributed by atoms with E-state index in [0.29, 0.717) is 5.89 Å². The molecule has 0 fully saturated rings. The van der Waals surface area contributed by atoms with Gasteiger partial charge in [0.2, 0.25) is 5.89 Å². The highest BCUT2D eigenvalue weighted by molar-refractivity contribution is 7.26. The number of thiophene rings is 1. The van der Waals surface area contributed by atoms with E-state index in [-0.39, 0.29) is 6.04 Å². The second-order valence-corrected chi connectivity index (χ2v) is 10.3. The number of hydrogen-bond acceptors (Lipinski definition) is 4. The molecule has 4 aromatic carbocycles. The third kappa shape index (κ3) is 2.88. The van der Waals surface area contributed by atoms with Gasteiger partial charge in [-0.05, 0) is 60.2 Å². The summed E-state index contributed by atoms with van der Waals surface area (Å²) in [5.41, 5.74) is 7.61. The van der Waals surface area contributed by atoms with Crippen LogP contribution in [-0.4, -0.2) is 11.0 Å². The van der Waals surface area contributed by atoms with Crippen LogP contribution in [0.2, 0.25) is 0 Å². The number of anilines is 2. The molecule has 6 aromatic rings. The van der Waals surface area contributed by atoms with E-state index in [1.165, 1.54) is 37.0 Å². The summed E-state index contributed by atoms with van der Waals surface area (Å²) in [5, 5.41) is 2.42. The van der Waals surface area contributed by atoms with Crippen molar-refractivity contribution < 1.29 is 4.42 Å². The van der Waals surface area contributed by atoms with Crippen LogP contribution in [0.1, 0.15) is 5.56 Å². The van der Waals surface area contributed by atoms with Gasteiger partial charge in [0.05, 0.1) is 6.04 Å². The number of aromatic nitrogens is 1. The Bertz CT molecular complexity index is 1900. The summed E-state index contributed by atoms with van der Waals surface area (Å²) in [5.74, 6) is 0.652. The average Bonchev–Trinajstić information content (AvgIpc) is 3.46. The van der Waals surface area contributed by atoms with Crippen molar-refractivity contribution in [2.24, 2.45) is 0 Å². The molecule has 8 rings (SSSR count). The third-order valence-corrected chi connectivity index (χ3v) is 8.25. The average molecular weight is 481 g/mol. The summed E-state index contributed by atoms with van der Waals surface area (Å²) >= 11 is 1.80.